The van der Waals surface area contributed by atoms with Crippen LogP contribution in [0.3, 0.4) is 0 Å². The van der Waals surface area contributed by atoms with Gasteiger partial charge in [-0.1, -0.05) is 17.3 Å². The third-order valence-corrected chi connectivity index (χ3v) is 6.43. The second-order valence-electron chi connectivity index (χ2n) is 6.27. The Balaban J connectivity index is 1.39. The fourth-order valence-corrected chi connectivity index (χ4v) is 4.56. The van der Waals surface area contributed by atoms with Crippen LogP contribution in [0.1, 0.15) is 5.69 Å². The van der Waals surface area contributed by atoms with E-state index in [0.717, 1.165) is 11.8 Å². The summed E-state index contributed by atoms with van der Waals surface area (Å²) in [6, 6.07) is 10.8. The zero-order valence-corrected chi connectivity index (χ0v) is 15.2. The van der Waals surface area contributed by atoms with Crippen LogP contribution in [0.15, 0.2) is 62.6 Å². The van der Waals surface area contributed by atoms with Crippen molar-refractivity contribution >= 4 is 10.0 Å². The van der Waals surface area contributed by atoms with E-state index < -0.39 is 15.8 Å². The summed E-state index contributed by atoms with van der Waals surface area (Å²) in [6.45, 7) is 2.17. The number of piperazine rings is 1. The Morgan fingerprint density at radius 3 is 2.52 bits per heavy atom. The molecule has 1 aliphatic rings. The van der Waals surface area contributed by atoms with Crippen LogP contribution in [-0.4, -0.2) is 49.0 Å². The van der Waals surface area contributed by atoms with Crippen molar-refractivity contribution in [1.29, 1.82) is 0 Å². The summed E-state index contributed by atoms with van der Waals surface area (Å²) in [5.41, 5.74) is 0.742. The lowest BCUT2D eigenvalue weighted by atomic mass is 10.3. The van der Waals surface area contributed by atoms with Crippen molar-refractivity contribution in [3.8, 4) is 11.5 Å². The van der Waals surface area contributed by atoms with Gasteiger partial charge in [-0.2, -0.15) is 4.31 Å². The molecule has 0 amide bonds. The monoisotopic (exact) mass is 391 g/mol. The molecule has 3 heterocycles. The van der Waals surface area contributed by atoms with E-state index in [4.69, 9.17) is 8.94 Å². The van der Waals surface area contributed by atoms with E-state index in [2.05, 4.69) is 10.1 Å². The summed E-state index contributed by atoms with van der Waals surface area (Å²) >= 11 is 0. The maximum Gasteiger partial charge on any atom is 0.246 e. The Kier molecular flexibility index (Phi) is 4.81. The molecule has 1 aliphatic heterocycles. The lowest BCUT2D eigenvalue weighted by Gasteiger charge is -2.33. The summed E-state index contributed by atoms with van der Waals surface area (Å²) in [4.78, 5) is 1.80. The zero-order chi connectivity index (χ0) is 18.9. The first-order chi connectivity index (χ1) is 13.0. The summed E-state index contributed by atoms with van der Waals surface area (Å²) in [5.74, 6) is 0.429. The number of hydrogen-bond acceptors (Lipinski definition) is 6. The third-order valence-electron chi connectivity index (χ3n) is 4.49. The van der Waals surface area contributed by atoms with Gasteiger partial charge in [0.05, 0.1) is 12.0 Å². The standard InChI is InChI=1S/C18H18FN3O4S/c19-15-4-1-2-6-18(15)27(23,24)22-9-7-21(8-10-22)13-14-12-17(26-20-14)16-5-3-11-25-16/h1-6,11-12H,7-10,13H2. The highest BCUT2D eigenvalue weighted by atomic mass is 32.2. The zero-order valence-electron chi connectivity index (χ0n) is 14.4. The summed E-state index contributed by atoms with van der Waals surface area (Å²) in [5, 5.41) is 4.04. The van der Waals surface area contributed by atoms with Crippen LogP contribution in [0.5, 0.6) is 0 Å². The molecule has 0 saturated carbocycles. The molecule has 27 heavy (non-hydrogen) atoms. The number of halogens is 1. The smallest absolute Gasteiger partial charge is 0.246 e. The van der Waals surface area contributed by atoms with Crippen LogP contribution in [0.25, 0.3) is 11.5 Å². The lowest BCUT2D eigenvalue weighted by Crippen LogP contribution is -2.48. The largest absolute Gasteiger partial charge is 0.461 e. The Bertz CT molecular complexity index is 1010. The Morgan fingerprint density at radius 2 is 1.81 bits per heavy atom. The Morgan fingerprint density at radius 1 is 1.04 bits per heavy atom. The molecule has 3 aromatic rings. The Hall–Kier alpha value is -2.49. The summed E-state index contributed by atoms with van der Waals surface area (Å²) in [7, 11) is -3.83. The van der Waals surface area contributed by atoms with Crippen molar-refractivity contribution in [2.45, 2.75) is 11.4 Å². The van der Waals surface area contributed by atoms with Gasteiger partial charge in [-0.25, -0.2) is 12.8 Å². The number of rotatable bonds is 5. The molecule has 4 rings (SSSR count). The van der Waals surface area contributed by atoms with Gasteiger partial charge in [-0.15, -0.1) is 0 Å². The van der Waals surface area contributed by atoms with E-state index in [1.807, 2.05) is 0 Å². The van der Waals surface area contributed by atoms with Crippen molar-refractivity contribution in [2.24, 2.45) is 0 Å². The number of furan rings is 1. The van der Waals surface area contributed by atoms with Gasteiger partial charge in [-0.3, -0.25) is 4.90 Å². The fourth-order valence-electron chi connectivity index (χ4n) is 3.07. The van der Waals surface area contributed by atoms with Crippen molar-refractivity contribution in [3.05, 3.63) is 60.2 Å². The highest BCUT2D eigenvalue weighted by Crippen LogP contribution is 2.23. The van der Waals surface area contributed by atoms with Gasteiger partial charge in [0.25, 0.3) is 0 Å². The summed E-state index contributed by atoms with van der Waals surface area (Å²) in [6.07, 6.45) is 1.56. The van der Waals surface area contributed by atoms with Gasteiger partial charge in [0.15, 0.2) is 5.76 Å². The first-order valence-electron chi connectivity index (χ1n) is 8.50. The van der Waals surface area contributed by atoms with Crippen LogP contribution in [-0.2, 0) is 16.6 Å². The molecule has 1 fully saturated rings. The van der Waals surface area contributed by atoms with Gasteiger partial charge >= 0.3 is 0 Å². The number of hydrogen-bond donors (Lipinski definition) is 0. The minimum Gasteiger partial charge on any atom is -0.461 e. The van der Waals surface area contributed by atoms with Crippen LogP contribution in [0.2, 0.25) is 0 Å². The maximum atomic E-state index is 13.9. The minimum absolute atomic E-state index is 0.280. The molecule has 1 aromatic carbocycles. The predicted molar refractivity (Wildman–Crippen MR) is 94.6 cm³/mol. The van der Waals surface area contributed by atoms with Crippen molar-refractivity contribution in [1.82, 2.24) is 14.4 Å². The van der Waals surface area contributed by atoms with E-state index >= 15 is 0 Å². The van der Waals surface area contributed by atoms with E-state index in [9.17, 15) is 12.8 Å². The molecule has 142 valence electrons. The van der Waals surface area contributed by atoms with E-state index in [1.165, 1.54) is 22.5 Å². The number of nitrogens with zero attached hydrogens (tertiary/aromatic N) is 3. The molecule has 0 bridgehead atoms. The minimum atomic E-state index is -3.83. The molecule has 0 spiro atoms. The van der Waals surface area contributed by atoms with Gasteiger partial charge in [0.1, 0.15) is 10.7 Å². The topological polar surface area (TPSA) is 79.8 Å². The van der Waals surface area contributed by atoms with Gasteiger partial charge in [0.2, 0.25) is 15.8 Å². The molecule has 2 aromatic heterocycles. The lowest BCUT2D eigenvalue weighted by molar-refractivity contribution is 0.177. The second kappa shape index (κ2) is 7.26. The Labute approximate surface area is 156 Å². The first kappa shape index (κ1) is 17.9. The highest BCUT2D eigenvalue weighted by Gasteiger charge is 2.30. The fraction of sp³-hybridized carbons (Fsp3) is 0.278. The summed E-state index contributed by atoms with van der Waals surface area (Å²) < 4.78 is 51.0. The average molecular weight is 391 g/mol. The van der Waals surface area contributed by atoms with Crippen molar-refractivity contribution in [2.75, 3.05) is 26.2 Å². The van der Waals surface area contributed by atoms with Crippen LogP contribution in [0, 0.1) is 5.82 Å². The quantitative estimate of drug-likeness (QED) is 0.665. The molecule has 0 N–H and O–H groups in total. The molecule has 0 aliphatic carbocycles. The first-order valence-corrected chi connectivity index (χ1v) is 9.94. The molecular weight excluding hydrogens is 373 g/mol. The molecular formula is C18H18FN3O4S. The van der Waals surface area contributed by atoms with E-state index in [1.54, 1.807) is 24.5 Å². The van der Waals surface area contributed by atoms with Gasteiger partial charge in [-0.05, 0) is 24.3 Å². The molecule has 0 radical (unpaired) electrons. The number of aromatic nitrogens is 1. The van der Waals surface area contributed by atoms with Crippen molar-refractivity contribution < 1.29 is 21.7 Å². The normalized spacial score (nSPS) is 16.6. The van der Waals surface area contributed by atoms with Gasteiger partial charge < -0.3 is 8.94 Å². The van der Waals surface area contributed by atoms with Crippen LogP contribution < -0.4 is 0 Å². The third kappa shape index (κ3) is 3.66. The second-order valence-corrected chi connectivity index (χ2v) is 8.18. The highest BCUT2D eigenvalue weighted by molar-refractivity contribution is 7.89. The average Bonchev–Trinajstić information content (AvgIpc) is 3.34. The number of benzene rings is 1. The molecule has 7 nitrogen and oxygen atoms in total. The van der Waals surface area contributed by atoms with Crippen LogP contribution in [0.4, 0.5) is 4.39 Å². The SMILES string of the molecule is O=S(=O)(c1ccccc1F)N1CCN(Cc2cc(-c3ccco3)on2)CC1. The van der Waals surface area contributed by atoms with Crippen LogP contribution >= 0.6 is 0 Å². The maximum absolute atomic E-state index is 13.9. The molecule has 0 unspecified atom stereocenters. The predicted octanol–water partition coefficient (Wildman–Crippen LogP) is 2.58. The van der Waals surface area contributed by atoms with Crippen molar-refractivity contribution in [3.63, 3.8) is 0 Å². The molecule has 9 heteroatoms. The number of sulfonamides is 1. The van der Waals surface area contributed by atoms with E-state index in [0.29, 0.717) is 44.2 Å². The van der Waals surface area contributed by atoms with Gasteiger partial charge in [0, 0.05) is 38.8 Å². The molecule has 0 atom stereocenters. The van der Waals surface area contributed by atoms with E-state index in [-0.39, 0.29) is 4.90 Å². The molecule has 1 saturated heterocycles.